The highest BCUT2D eigenvalue weighted by molar-refractivity contribution is 6.03. The first kappa shape index (κ1) is 16.3. The molecular formula is C14H19NO7. The maximum Gasteiger partial charge on any atom is 0.320 e. The monoisotopic (exact) mass is 313 g/mol. The minimum atomic E-state index is -1.32. The number of amides is 1. The fraction of sp³-hybridized carbons (Fsp3) is 0.714. The van der Waals surface area contributed by atoms with E-state index in [0.29, 0.717) is 13.0 Å². The maximum absolute atomic E-state index is 12.4. The van der Waals surface area contributed by atoms with Gasteiger partial charge in [0, 0.05) is 18.5 Å². The summed E-state index contributed by atoms with van der Waals surface area (Å²) in [5.74, 6) is -6.11. The Morgan fingerprint density at radius 1 is 1.09 bits per heavy atom. The van der Waals surface area contributed by atoms with Crippen molar-refractivity contribution in [2.75, 3.05) is 27.9 Å². The van der Waals surface area contributed by atoms with Crippen LogP contribution in [0.3, 0.4) is 0 Å². The molecule has 1 amide bonds. The van der Waals surface area contributed by atoms with Gasteiger partial charge in [-0.3, -0.25) is 19.2 Å². The van der Waals surface area contributed by atoms with E-state index in [-0.39, 0.29) is 6.04 Å². The lowest BCUT2D eigenvalue weighted by Gasteiger charge is -2.26. The van der Waals surface area contributed by atoms with Gasteiger partial charge in [-0.05, 0) is 12.8 Å². The number of carbonyl (C=O) groups excluding carboxylic acids is 4. The van der Waals surface area contributed by atoms with Gasteiger partial charge in [-0.1, -0.05) is 0 Å². The summed E-state index contributed by atoms with van der Waals surface area (Å²) < 4.78 is 14.0. The molecule has 22 heavy (non-hydrogen) atoms. The summed E-state index contributed by atoms with van der Waals surface area (Å²) in [4.78, 5) is 50.1. The zero-order chi connectivity index (χ0) is 16.4. The Bertz CT molecular complexity index is 487. The molecule has 0 unspecified atom stereocenters. The Morgan fingerprint density at radius 2 is 1.68 bits per heavy atom. The van der Waals surface area contributed by atoms with Crippen LogP contribution >= 0.6 is 0 Å². The van der Waals surface area contributed by atoms with E-state index >= 15 is 0 Å². The molecule has 0 spiro atoms. The molecule has 122 valence electrons. The van der Waals surface area contributed by atoms with Crippen molar-refractivity contribution in [2.24, 2.45) is 17.8 Å². The maximum atomic E-state index is 12.4. The van der Waals surface area contributed by atoms with Crippen molar-refractivity contribution in [3.63, 3.8) is 0 Å². The summed E-state index contributed by atoms with van der Waals surface area (Å²) in [6.07, 6.45) is 1.38. The predicted octanol–water partition coefficient (Wildman–Crippen LogP) is -0.641. The second-order valence-corrected chi connectivity index (χ2v) is 5.34. The van der Waals surface area contributed by atoms with Gasteiger partial charge in [0.25, 0.3) is 0 Å². The molecule has 3 atom stereocenters. The molecule has 2 fully saturated rings. The van der Waals surface area contributed by atoms with Gasteiger partial charge in [0.2, 0.25) is 5.91 Å². The van der Waals surface area contributed by atoms with Crippen LogP contribution < -0.4 is 0 Å². The van der Waals surface area contributed by atoms with Crippen LogP contribution in [0.5, 0.6) is 0 Å². The number of methoxy groups -OCH3 is 3. The highest BCUT2D eigenvalue weighted by Gasteiger charge is 2.59. The molecule has 0 aromatic carbocycles. The third-order valence-corrected chi connectivity index (χ3v) is 4.43. The lowest BCUT2D eigenvalue weighted by atomic mass is 9.78. The van der Waals surface area contributed by atoms with Crippen LogP contribution in [0.15, 0.2) is 0 Å². The molecule has 2 aliphatic rings. The van der Waals surface area contributed by atoms with E-state index in [0.717, 1.165) is 20.6 Å². The number of fused-ring (bicyclic) bond motifs is 1. The van der Waals surface area contributed by atoms with Gasteiger partial charge in [-0.15, -0.1) is 0 Å². The number of rotatable bonds is 4. The van der Waals surface area contributed by atoms with Crippen LogP contribution in [0.1, 0.15) is 12.8 Å². The van der Waals surface area contributed by atoms with Gasteiger partial charge in [-0.2, -0.15) is 0 Å². The van der Waals surface area contributed by atoms with Gasteiger partial charge in [0.1, 0.15) is 5.92 Å². The van der Waals surface area contributed by atoms with E-state index in [1.165, 1.54) is 7.11 Å². The van der Waals surface area contributed by atoms with Crippen molar-refractivity contribution < 1.29 is 33.4 Å². The van der Waals surface area contributed by atoms with Crippen molar-refractivity contribution in [1.82, 2.24) is 4.90 Å². The topological polar surface area (TPSA) is 99.2 Å². The highest BCUT2D eigenvalue weighted by atomic mass is 16.5. The first-order valence-electron chi connectivity index (χ1n) is 7.01. The molecule has 0 bridgehead atoms. The molecule has 2 aliphatic heterocycles. The van der Waals surface area contributed by atoms with Crippen molar-refractivity contribution in [2.45, 2.75) is 18.9 Å². The Labute approximate surface area is 127 Å². The summed E-state index contributed by atoms with van der Waals surface area (Å²) in [7, 11) is 3.46. The minimum Gasteiger partial charge on any atom is -0.468 e. The summed E-state index contributed by atoms with van der Waals surface area (Å²) in [5.41, 5.74) is 0. The Balaban J connectivity index is 2.45. The van der Waals surface area contributed by atoms with E-state index in [1.54, 1.807) is 4.90 Å². The number of esters is 3. The zero-order valence-corrected chi connectivity index (χ0v) is 12.7. The quantitative estimate of drug-likeness (QED) is 0.386. The molecule has 2 rings (SSSR count). The molecular weight excluding hydrogens is 294 g/mol. The number of nitrogens with zero attached hydrogens (tertiary/aromatic N) is 1. The summed E-state index contributed by atoms with van der Waals surface area (Å²) in [5, 5.41) is 0. The summed E-state index contributed by atoms with van der Waals surface area (Å²) >= 11 is 0. The summed E-state index contributed by atoms with van der Waals surface area (Å²) in [6.45, 7) is 0.503. The molecule has 0 saturated carbocycles. The standard InChI is InChI=1S/C14H19NO7/c1-20-12(17)9-8(7-5-4-6-15(7)11(9)16)10(13(18)21-2)14(19)22-3/h7-10H,4-6H2,1-3H3/t7-,8+,9-/m1/s1. The van der Waals surface area contributed by atoms with Crippen molar-refractivity contribution >= 4 is 23.8 Å². The SMILES string of the molecule is COC(=O)C(C(=O)OC)[C@@H]1[C@@H](C(=O)OC)C(=O)N2CCC[C@H]12. The average Bonchev–Trinajstić information content (AvgIpc) is 3.10. The predicted molar refractivity (Wildman–Crippen MR) is 71.3 cm³/mol. The Morgan fingerprint density at radius 3 is 2.18 bits per heavy atom. The van der Waals surface area contributed by atoms with Gasteiger partial charge in [0.05, 0.1) is 21.3 Å². The smallest absolute Gasteiger partial charge is 0.320 e. The lowest BCUT2D eigenvalue weighted by molar-refractivity contribution is -0.164. The van der Waals surface area contributed by atoms with Crippen LogP contribution in [0.2, 0.25) is 0 Å². The number of carbonyl (C=O) groups is 4. The zero-order valence-electron chi connectivity index (χ0n) is 12.7. The van der Waals surface area contributed by atoms with Gasteiger partial charge >= 0.3 is 17.9 Å². The minimum absolute atomic E-state index is 0.361. The molecule has 0 aromatic rings. The molecule has 0 aliphatic carbocycles. The molecule has 0 radical (unpaired) electrons. The van der Waals surface area contributed by atoms with Crippen molar-refractivity contribution in [1.29, 1.82) is 0 Å². The van der Waals surface area contributed by atoms with Crippen LogP contribution in [-0.4, -0.2) is 62.6 Å². The molecule has 0 aromatic heterocycles. The highest BCUT2D eigenvalue weighted by Crippen LogP contribution is 2.43. The van der Waals surface area contributed by atoms with Crippen molar-refractivity contribution in [3.8, 4) is 0 Å². The number of hydrogen-bond acceptors (Lipinski definition) is 7. The van der Waals surface area contributed by atoms with Gasteiger partial charge in [-0.25, -0.2) is 0 Å². The van der Waals surface area contributed by atoms with E-state index in [1.807, 2.05) is 0 Å². The van der Waals surface area contributed by atoms with Gasteiger partial charge in [0.15, 0.2) is 5.92 Å². The molecule has 2 saturated heterocycles. The molecule has 2 heterocycles. The lowest BCUT2D eigenvalue weighted by Crippen LogP contribution is -2.43. The third-order valence-electron chi connectivity index (χ3n) is 4.43. The fourth-order valence-corrected chi connectivity index (χ4v) is 3.50. The van der Waals surface area contributed by atoms with Crippen LogP contribution in [0.25, 0.3) is 0 Å². The van der Waals surface area contributed by atoms with Crippen molar-refractivity contribution in [3.05, 3.63) is 0 Å². The number of hydrogen-bond donors (Lipinski definition) is 0. The van der Waals surface area contributed by atoms with Crippen LogP contribution in [0, 0.1) is 17.8 Å². The second-order valence-electron chi connectivity index (χ2n) is 5.34. The van der Waals surface area contributed by atoms with E-state index < -0.39 is 41.6 Å². The van der Waals surface area contributed by atoms with E-state index in [9.17, 15) is 19.2 Å². The first-order chi connectivity index (χ1) is 10.5. The third kappa shape index (κ3) is 2.42. The normalized spacial score (nSPS) is 26.8. The molecule has 8 nitrogen and oxygen atoms in total. The van der Waals surface area contributed by atoms with E-state index in [2.05, 4.69) is 14.2 Å². The molecule has 8 heteroatoms. The largest absolute Gasteiger partial charge is 0.468 e. The average molecular weight is 313 g/mol. The van der Waals surface area contributed by atoms with Crippen LogP contribution in [0.4, 0.5) is 0 Å². The Hall–Kier alpha value is -2.12. The molecule has 0 N–H and O–H groups in total. The second kappa shape index (κ2) is 6.33. The number of ether oxygens (including phenoxy) is 3. The summed E-state index contributed by atoms with van der Waals surface area (Å²) in [6, 6.07) is -0.361. The Kier molecular flexibility index (Phi) is 4.68. The van der Waals surface area contributed by atoms with Crippen LogP contribution in [-0.2, 0) is 33.4 Å². The van der Waals surface area contributed by atoms with Gasteiger partial charge < -0.3 is 19.1 Å². The van der Waals surface area contributed by atoms with E-state index in [4.69, 9.17) is 0 Å². The fourth-order valence-electron chi connectivity index (χ4n) is 3.50. The first-order valence-corrected chi connectivity index (χ1v) is 7.01.